The number of anilines is 2. The van der Waals surface area contributed by atoms with E-state index in [0.717, 1.165) is 11.1 Å². The van der Waals surface area contributed by atoms with Gasteiger partial charge in [0.1, 0.15) is 0 Å². The molecule has 0 radical (unpaired) electrons. The van der Waals surface area contributed by atoms with Gasteiger partial charge in [-0.1, -0.05) is 35.9 Å². The van der Waals surface area contributed by atoms with Crippen molar-refractivity contribution in [2.24, 2.45) is 0 Å². The molecule has 0 atom stereocenters. The Balaban J connectivity index is 1.65. The van der Waals surface area contributed by atoms with Crippen LogP contribution >= 0.6 is 0 Å². The first kappa shape index (κ1) is 17.5. The highest BCUT2D eigenvalue weighted by atomic mass is 32.2. The van der Waals surface area contributed by atoms with Crippen molar-refractivity contribution in [2.75, 3.05) is 22.4 Å². The van der Waals surface area contributed by atoms with Crippen molar-refractivity contribution in [1.29, 1.82) is 0 Å². The molecule has 0 fully saturated rings. The Labute approximate surface area is 148 Å². The quantitative estimate of drug-likeness (QED) is 0.894. The van der Waals surface area contributed by atoms with Crippen LogP contribution in [0.4, 0.5) is 11.4 Å². The molecule has 1 heterocycles. The number of benzene rings is 2. The van der Waals surface area contributed by atoms with Crippen molar-refractivity contribution in [3.05, 3.63) is 59.2 Å². The van der Waals surface area contributed by atoms with Crippen molar-refractivity contribution >= 4 is 27.3 Å². The molecule has 2 aromatic carbocycles. The summed E-state index contributed by atoms with van der Waals surface area (Å²) < 4.78 is 25.1. The fraction of sp³-hybridized carbons (Fsp3) is 0.316. The average molecular weight is 358 g/mol. The number of hydrogen-bond acceptors (Lipinski definition) is 3. The summed E-state index contributed by atoms with van der Waals surface area (Å²) in [6.45, 7) is 2.49. The van der Waals surface area contributed by atoms with E-state index in [9.17, 15) is 13.2 Å². The van der Waals surface area contributed by atoms with E-state index in [2.05, 4.69) is 5.32 Å². The van der Waals surface area contributed by atoms with Crippen LogP contribution in [0.1, 0.15) is 23.1 Å². The van der Waals surface area contributed by atoms with E-state index < -0.39 is 10.0 Å². The second-order valence-corrected chi connectivity index (χ2v) is 8.37. The monoisotopic (exact) mass is 358 g/mol. The van der Waals surface area contributed by atoms with Crippen molar-refractivity contribution in [1.82, 2.24) is 0 Å². The molecule has 132 valence electrons. The maximum Gasteiger partial charge on any atom is 0.232 e. The molecule has 2 aromatic rings. The molecule has 0 aliphatic carbocycles. The van der Waals surface area contributed by atoms with Crippen molar-refractivity contribution in [2.45, 2.75) is 26.2 Å². The molecule has 1 aliphatic rings. The molecule has 0 aromatic heterocycles. The molecule has 1 N–H and O–H groups in total. The van der Waals surface area contributed by atoms with Crippen LogP contribution in [0.3, 0.4) is 0 Å². The number of carbonyl (C=O) groups is 1. The summed E-state index contributed by atoms with van der Waals surface area (Å²) in [6, 6.07) is 13.6. The van der Waals surface area contributed by atoms with Gasteiger partial charge in [0.15, 0.2) is 0 Å². The van der Waals surface area contributed by atoms with E-state index in [1.807, 2.05) is 43.3 Å². The van der Waals surface area contributed by atoms with Crippen LogP contribution in [0.15, 0.2) is 42.5 Å². The van der Waals surface area contributed by atoms with Gasteiger partial charge in [0.2, 0.25) is 15.9 Å². The van der Waals surface area contributed by atoms with Crippen molar-refractivity contribution < 1.29 is 13.2 Å². The second kappa shape index (κ2) is 6.88. The summed E-state index contributed by atoms with van der Waals surface area (Å²) in [6.07, 6.45) is 2.96. The third-order valence-corrected chi connectivity index (χ3v) is 5.56. The third kappa shape index (κ3) is 4.20. The highest BCUT2D eigenvalue weighted by Crippen LogP contribution is 2.32. The van der Waals surface area contributed by atoms with Crippen LogP contribution in [-0.4, -0.2) is 27.1 Å². The van der Waals surface area contributed by atoms with E-state index >= 15 is 0 Å². The van der Waals surface area contributed by atoms with E-state index in [0.29, 0.717) is 37.2 Å². The lowest BCUT2D eigenvalue weighted by atomic mass is 10.1. The van der Waals surface area contributed by atoms with Crippen LogP contribution < -0.4 is 9.62 Å². The zero-order valence-electron chi connectivity index (χ0n) is 14.5. The summed E-state index contributed by atoms with van der Waals surface area (Å²) in [5, 5.41) is 2.86. The molecular weight excluding hydrogens is 336 g/mol. The molecule has 6 heteroatoms. The highest BCUT2D eigenvalue weighted by Gasteiger charge is 2.26. The minimum atomic E-state index is -3.29. The lowest BCUT2D eigenvalue weighted by Crippen LogP contribution is -2.27. The van der Waals surface area contributed by atoms with E-state index in [4.69, 9.17) is 0 Å². The van der Waals surface area contributed by atoms with Crippen molar-refractivity contribution in [3.8, 4) is 0 Å². The molecule has 25 heavy (non-hydrogen) atoms. The molecule has 3 rings (SSSR count). The van der Waals surface area contributed by atoms with Gasteiger partial charge in [-0.15, -0.1) is 0 Å². The van der Waals surface area contributed by atoms with Gasteiger partial charge in [0.05, 0.1) is 11.9 Å². The van der Waals surface area contributed by atoms with Gasteiger partial charge in [-0.2, -0.15) is 0 Å². The number of nitrogens with one attached hydrogen (secondary N) is 1. The number of hydrogen-bond donors (Lipinski definition) is 1. The van der Waals surface area contributed by atoms with Gasteiger partial charge in [0.25, 0.3) is 0 Å². The van der Waals surface area contributed by atoms with Crippen LogP contribution in [-0.2, 0) is 27.7 Å². The van der Waals surface area contributed by atoms with Crippen molar-refractivity contribution in [3.63, 3.8) is 0 Å². The minimum Gasteiger partial charge on any atom is -0.326 e. The highest BCUT2D eigenvalue weighted by molar-refractivity contribution is 7.92. The number of amides is 1. The van der Waals surface area contributed by atoms with Gasteiger partial charge in [-0.05, 0) is 43.0 Å². The SMILES string of the molecule is Cc1ccc(CCC(=O)Nc2ccc3c(c2)N(S(C)(=O)=O)CC3)cc1. The van der Waals surface area contributed by atoms with Gasteiger partial charge in [-0.3, -0.25) is 9.10 Å². The fourth-order valence-corrected chi connectivity index (χ4v) is 3.96. The predicted octanol–water partition coefficient (Wildman–Crippen LogP) is 2.89. The Kier molecular flexibility index (Phi) is 4.81. The zero-order chi connectivity index (χ0) is 18.0. The summed E-state index contributed by atoms with van der Waals surface area (Å²) in [5.41, 5.74) is 4.60. The maximum absolute atomic E-state index is 12.2. The summed E-state index contributed by atoms with van der Waals surface area (Å²) in [5.74, 6) is -0.0792. The van der Waals surface area contributed by atoms with E-state index in [1.165, 1.54) is 16.1 Å². The van der Waals surface area contributed by atoms with Gasteiger partial charge < -0.3 is 5.32 Å². The standard InChI is InChI=1S/C19H22N2O3S/c1-14-3-5-15(6-4-14)7-10-19(22)20-17-9-8-16-11-12-21(18(16)13-17)25(2,23)24/h3-6,8-9,13H,7,10-12H2,1-2H3,(H,20,22). The van der Waals surface area contributed by atoms with Gasteiger partial charge >= 0.3 is 0 Å². The molecule has 0 spiro atoms. The zero-order valence-corrected chi connectivity index (χ0v) is 15.3. The second-order valence-electron chi connectivity index (χ2n) is 6.46. The molecule has 0 saturated heterocycles. The van der Waals surface area contributed by atoms with Crippen LogP contribution in [0, 0.1) is 6.92 Å². The lowest BCUT2D eigenvalue weighted by Gasteiger charge is -2.17. The van der Waals surface area contributed by atoms with Crippen LogP contribution in [0.5, 0.6) is 0 Å². The normalized spacial score (nSPS) is 13.6. The number of rotatable bonds is 5. The number of sulfonamides is 1. The van der Waals surface area contributed by atoms with E-state index in [-0.39, 0.29) is 5.91 Å². The Morgan fingerprint density at radius 3 is 2.56 bits per heavy atom. The predicted molar refractivity (Wildman–Crippen MR) is 100 cm³/mol. The molecule has 5 nitrogen and oxygen atoms in total. The average Bonchev–Trinajstić information content (AvgIpc) is 2.98. The summed E-state index contributed by atoms with van der Waals surface area (Å²) >= 11 is 0. The summed E-state index contributed by atoms with van der Waals surface area (Å²) in [4.78, 5) is 12.2. The Bertz CT molecular complexity index is 889. The topological polar surface area (TPSA) is 66.5 Å². The Morgan fingerprint density at radius 1 is 1.16 bits per heavy atom. The van der Waals surface area contributed by atoms with Gasteiger partial charge in [0, 0.05) is 18.7 Å². The molecule has 0 unspecified atom stereocenters. The minimum absolute atomic E-state index is 0.0792. The number of fused-ring (bicyclic) bond motifs is 1. The Hall–Kier alpha value is -2.34. The number of carbonyl (C=O) groups excluding carboxylic acids is 1. The first-order valence-corrected chi connectivity index (χ1v) is 10.1. The lowest BCUT2D eigenvalue weighted by molar-refractivity contribution is -0.116. The van der Waals surface area contributed by atoms with Crippen LogP contribution in [0.25, 0.3) is 0 Å². The first-order valence-electron chi connectivity index (χ1n) is 8.29. The fourth-order valence-electron chi connectivity index (χ4n) is 3.01. The van der Waals surface area contributed by atoms with Crippen LogP contribution in [0.2, 0.25) is 0 Å². The molecule has 1 amide bonds. The molecule has 1 aliphatic heterocycles. The largest absolute Gasteiger partial charge is 0.326 e. The first-order chi connectivity index (χ1) is 11.8. The summed E-state index contributed by atoms with van der Waals surface area (Å²) in [7, 11) is -3.29. The molecule has 0 bridgehead atoms. The number of aryl methyl sites for hydroxylation is 2. The maximum atomic E-state index is 12.2. The molecular formula is C19H22N2O3S. The number of nitrogens with zero attached hydrogens (tertiary/aromatic N) is 1. The smallest absolute Gasteiger partial charge is 0.232 e. The van der Waals surface area contributed by atoms with E-state index in [1.54, 1.807) is 6.07 Å². The third-order valence-electron chi connectivity index (χ3n) is 4.38. The Morgan fingerprint density at radius 2 is 1.88 bits per heavy atom. The van der Waals surface area contributed by atoms with Gasteiger partial charge in [-0.25, -0.2) is 8.42 Å². The molecule has 0 saturated carbocycles.